The first-order valence-electron chi connectivity index (χ1n) is 10.3. The second-order valence-electron chi connectivity index (χ2n) is 7.96. The number of piperidine rings is 1. The number of urea groups is 1. The van der Waals surface area contributed by atoms with Crippen molar-refractivity contribution in [2.24, 2.45) is 0 Å². The highest BCUT2D eigenvalue weighted by Crippen LogP contribution is 2.25. The number of anilines is 1. The lowest BCUT2D eigenvalue weighted by Crippen LogP contribution is -2.30. The third kappa shape index (κ3) is 4.19. The molecule has 0 unspecified atom stereocenters. The molecule has 2 aliphatic rings. The molecule has 0 aromatic heterocycles. The first-order valence-corrected chi connectivity index (χ1v) is 10.3. The zero-order chi connectivity index (χ0) is 20.4. The molecule has 5 nitrogen and oxygen atoms in total. The second kappa shape index (κ2) is 8.11. The predicted molar refractivity (Wildman–Crippen MR) is 115 cm³/mol. The molecular weight excluding hydrogens is 362 g/mol. The number of aryl methyl sites for hydroxylation is 2. The maximum atomic E-state index is 12.8. The third-order valence-electron chi connectivity index (χ3n) is 5.66. The Balaban J connectivity index is 1.52. The minimum atomic E-state index is -0.370. The highest BCUT2D eigenvalue weighted by atomic mass is 16.2. The molecule has 3 amide bonds. The molecule has 1 N–H and O–H groups in total. The van der Waals surface area contributed by atoms with Gasteiger partial charge in [-0.3, -0.25) is 9.69 Å². The number of rotatable bonds is 4. The van der Waals surface area contributed by atoms with Crippen molar-refractivity contribution in [2.45, 2.75) is 39.7 Å². The number of nitrogens with zero attached hydrogens (tertiary/aromatic N) is 2. The average molecular weight is 389 g/mol. The third-order valence-corrected chi connectivity index (χ3v) is 5.66. The number of imide groups is 1. The van der Waals surface area contributed by atoms with Crippen LogP contribution in [0.2, 0.25) is 0 Å². The Morgan fingerprint density at radius 3 is 2.52 bits per heavy atom. The second-order valence-corrected chi connectivity index (χ2v) is 7.96. The first-order chi connectivity index (χ1) is 14.0. The molecule has 0 saturated carbocycles. The average Bonchev–Trinajstić information content (AvgIpc) is 2.97. The van der Waals surface area contributed by atoms with Gasteiger partial charge in [0.25, 0.3) is 5.91 Å². The summed E-state index contributed by atoms with van der Waals surface area (Å²) < 4.78 is 0. The van der Waals surface area contributed by atoms with E-state index in [1.807, 2.05) is 44.2 Å². The van der Waals surface area contributed by atoms with Crippen molar-refractivity contribution < 1.29 is 9.59 Å². The molecule has 2 saturated heterocycles. The number of carbonyl (C=O) groups is 2. The van der Waals surface area contributed by atoms with Crippen molar-refractivity contribution in [1.82, 2.24) is 10.2 Å². The minimum absolute atomic E-state index is 0.274. The monoisotopic (exact) mass is 389 g/mol. The van der Waals surface area contributed by atoms with Crippen LogP contribution >= 0.6 is 0 Å². The van der Waals surface area contributed by atoms with Crippen LogP contribution in [0.5, 0.6) is 0 Å². The van der Waals surface area contributed by atoms with Gasteiger partial charge < -0.3 is 10.2 Å². The van der Waals surface area contributed by atoms with Crippen molar-refractivity contribution in [3.05, 3.63) is 70.4 Å². The highest BCUT2D eigenvalue weighted by Gasteiger charge is 2.33. The Labute approximate surface area is 172 Å². The van der Waals surface area contributed by atoms with Crippen molar-refractivity contribution in [3.63, 3.8) is 0 Å². The Morgan fingerprint density at radius 2 is 1.79 bits per heavy atom. The van der Waals surface area contributed by atoms with Crippen molar-refractivity contribution in [2.75, 3.05) is 18.0 Å². The van der Waals surface area contributed by atoms with Crippen LogP contribution in [-0.2, 0) is 11.3 Å². The molecule has 0 spiro atoms. The minimum Gasteiger partial charge on any atom is -0.372 e. The SMILES string of the molecule is Cc1cccc(CN2C(=O)N/C(=C/c3ccc(N4CCCCC4)cc3C)C2=O)c1. The topological polar surface area (TPSA) is 52.7 Å². The van der Waals surface area contributed by atoms with Crippen LogP contribution in [0.25, 0.3) is 6.08 Å². The van der Waals surface area contributed by atoms with Gasteiger partial charge >= 0.3 is 6.03 Å². The van der Waals surface area contributed by atoms with Crippen LogP contribution in [0.1, 0.15) is 41.5 Å². The van der Waals surface area contributed by atoms with E-state index in [2.05, 4.69) is 22.3 Å². The van der Waals surface area contributed by atoms with Crippen molar-refractivity contribution in [1.29, 1.82) is 0 Å². The van der Waals surface area contributed by atoms with Gasteiger partial charge in [0.1, 0.15) is 5.70 Å². The smallest absolute Gasteiger partial charge is 0.329 e. The standard InChI is InChI=1S/C24H27N3O2/c1-17-7-6-8-19(13-17)16-27-23(28)22(25-24(27)29)15-20-9-10-21(14-18(20)2)26-11-4-3-5-12-26/h6-10,13-15H,3-5,11-12,16H2,1-2H3,(H,25,29)/b22-15+. The summed E-state index contributed by atoms with van der Waals surface area (Å²) in [5.74, 6) is -0.281. The molecule has 2 fully saturated rings. The molecule has 150 valence electrons. The quantitative estimate of drug-likeness (QED) is 0.623. The molecule has 0 radical (unpaired) electrons. The van der Waals surface area contributed by atoms with Crippen molar-refractivity contribution >= 4 is 23.7 Å². The van der Waals surface area contributed by atoms with Crippen molar-refractivity contribution in [3.8, 4) is 0 Å². The molecule has 0 aliphatic carbocycles. The Bertz CT molecular complexity index is 974. The molecule has 0 atom stereocenters. The van der Waals surface area contributed by atoms with E-state index in [0.29, 0.717) is 5.70 Å². The van der Waals surface area contributed by atoms with Crippen LogP contribution in [0.4, 0.5) is 10.5 Å². The van der Waals surface area contributed by atoms with Crippen LogP contribution < -0.4 is 10.2 Å². The fourth-order valence-electron chi connectivity index (χ4n) is 4.03. The Kier molecular flexibility index (Phi) is 5.38. The molecular formula is C24H27N3O2. The van der Waals surface area contributed by atoms with E-state index >= 15 is 0 Å². The van der Waals surface area contributed by atoms with Gasteiger partial charge in [-0.05, 0) is 68.0 Å². The number of amides is 3. The molecule has 0 bridgehead atoms. The summed E-state index contributed by atoms with van der Waals surface area (Å²) >= 11 is 0. The van der Waals surface area contributed by atoms with E-state index in [1.165, 1.54) is 29.8 Å². The van der Waals surface area contributed by atoms with E-state index in [-0.39, 0.29) is 18.5 Å². The highest BCUT2D eigenvalue weighted by molar-refractivity contribution is 6.14. The zero-order valence-electron chi connectivity index (χ0n) is 17.1. The van der Waals surface area contributed by atoms with Gasteiger partial charge in [0.2, 0.25) is 0 Å². The van der Waals surface area contributed by atoms with Crippen LogP contribution in [0, 0.1) is 13.8 Å². The number of carbonyl (C=O) groups excluding carboxylic acids is 2. The van der Waals surface area contributed by atoms with E-state index in [4.69, 9.17) is 0 Å². The van der Waals surface area contributed by atoms with E-state index in [9.17, 15) is 9.59 Å². The summed E-state index contributed by atoms with van der Waals surface area (Å²) in [7, 11) is 0. The summed E-state index contributed by atoms with van der Waals surface area (Å²) in [5.41, 5.74) is 5.65. The lowest BCUT2D eigenvalue weighted by atomic mass is 10.0. The van der Waals surface area contributed by atoms with Gasteiger partial charge in [-0.1, -0.05) is 35.9 Å². The largest absolute Gasteiger partial charge is 0.372 e. The summed E-state index contributed by atoms with van der Waals surface area (Å²) in [6, 6.07) is 13.8. The van der Waals surface area contributed by atoms with Gasteiger partial charge in [-0.15, -0.1) is 0 Å². The summed E-state index contributed by atoms with van der Waals surface area (Å²) in [6.45, 7) is 6.52. The molecule has 5 heteroatoms. The maximum Gasteiger partial charge on any atom is 0.329 e. The first kappa shape index (κ1) is 19.2. The van der Waals surface area contributed by atoms with E-state index in [0.717, 1.165) is 35.3 Å². The molecule has 4 rings (SSSR count). The van der Waals surface area contributed by atoms with Gasteiger partial charge in [0, 0.05) is 18.8 Å². The van der Waals surface area contributed by atoms with Gasteiger partial charge in [-0.2, -0.15) is 0 Å². The number of hydrogen-bond acceptors (Lipinski definition) is 3. The van der Waals surface area contributed by atoms with Crippen LogP contribution in [0.15, 0.2) is 48.2 Å². The van der Waals surface area contributed by atoms with Gasteiger partial charge in [0.15, 0.2) is 0 Å². The zero-order valence-corrected chi connectivity index (χ0v) is 17.1. The fourth-order valence-corrected chi connectivity index (χ4v) is 4.03. The van der Waals surface area contributed by atoms with E-state index < -0.39 is 0 Å². The normalized spacial score (nSPS) is 18.5. The predicted octanol–water partition coefficient (Wildman–Crippen LogP) is 4.39. The maximum absolute atomic E-state index is 12.8. The number of hydrogen-bond donors (Lipinski definition) is 1. The number of nitrogens with one attached hydrogen (secondary N) is 1. The van der Waals surface area contributed by atoms with Crippen LogP contribution in [0.3, 0.4) is 0 Å². The fraction of sp³-hybridized carbons (Fsp3) is 0.333. The molecule has 2 heterocycles. The summed E-state index contributed by atoms with van der Waals surface area (Å²) in [4.78, 5) is 28.8. The summed E-state index contributed by atoms with van der Waals surface area (Å²) in [6.07, 6.45) is 5.57. The molecule has 2 aromatic carbocycles. The van der Waals surface area contributed by atoms with Gasteiger partial charge in [0.05, 0.1) is 6.54 Å². The molecule has 29 heavy (non-hydrogen) atoms. The Hall–Kier alpha value is -3.08. The van der Waals surface area contributed by atoms with E-state index in [1.54, 1.807) is 6.08 Å². The van der Waals surface area contributed by atoms with Crippen LogP contribution in [-0.4, -0.2) is 29.9 Å². The summed E-state index contributed by atoms with van der Waals surface area (Å²) in [5, 5.41) is 2.73. The number of benzene rings is 2. The van der Waals surface area contributed by atoms with Gasteiger partial charge in [-0.25, -0.2) is 4.79 Å². The Morgan fingerprint density at radius 1 is 1.00 bits per heavy atom. The molecule has 2 aromatic rings. The lowest BCUT2D eigenvalue weighted by molar-refractivity contribution is -0.123. The lowest BCUT2D eigenvalue weighted by Gasteiger charge is -2.29. The molecule has 2 aliphatic heterocycles.